The molecule has 20 nitrogen and oxygen atoms in total. The quantitative estimate of drug-likeness (QED) is 0.0164. The van der Waals surface area contributed by atoms with Gasteiger partial charge in [-0.25, -0.2) is 19.2 Å². The summed E-state index contributed by atoms with van der Waals surface area (Å²) in [6.07, 6.45) is 0. The first-order chi connectivity index (χ1) is 47.3. The number of benzene rings is 8. The summed E-state index contributed by atoms with van der Waals surface area (Å²) in [5.41, 5.74) is -1.78. The molecule has 24 heteroatoms. The van der Waals surface area contributed by atoms with Gasteiger partial charge in [0.1, 0.15) is 49.4 Å². The Morgan fingerprint density at radius 3 is 0.722 bits per heavy atom. The maximum atomic E-state index is 13.3. The van der Waals surface area contributed by atoms with Crippen molar-refractivity contribution in [1.29, 1.82) is 0 Å². The molecule has 4 heterocycles. The third-order valence-electron chi connectivity index (χ3n) is 15.2. The van der Waals surface area contributed by atoms with Crippen LogP contribution >= 0.6 is 45.3 Å². The minimum atomic E-state index is -1.18. The van der Waals surface area contributed by atoms with Crippen LogP contribution < -0.4 is 40.7 Å². The molecule has 0 unspecified atom stereocenters. The van der Waals surface area contributed by atoms with Gasteiger partial charge in [-0.3, -0.25) is 19.2 Å². The highest BCUT2D eigenvalue weighted by Crippen LogP contribution is 2.32. The van der Waals surface area contributed by atoms with Crippen LogP contribution in [-0.2, 0) is 57.1 Å². The molecule has 0 aliphatic heterocycles. The Kier molecular flexibility index (Phi) is 22.1. The van der Waals surface area contributed by atoms with E-state index in [0.717, 1.165) is 37.6 Å². The van der Waals surface area contributed by atoms with Crippen molar-refractivity contribution in [3.63, 3.8) is 0 Å². The average molecular weight is 1390 g/mol. The number of fused-ring (bicyclic) bond motifs is 8. The summed E-state index contributed by atoms with van der Waals surface area (Å²) in [5, 5.41) is 4.16. The summed E-state index contributed by atoms with van der Waals surface area (Å²) in [7, 11) is 0. The highest BCUT2D eigenvalue weighted by molar-refractivity contribution is 7.25. The Morgan fingerprint density at radius 1 is 0.268 bits per heavy atom. The molecule has 0 atom stereocenters. The van der Waals surface area contributed by atoms with Gasteiger partial charge in [0.2, 0.25) is 0 Å². The van der Waals surface area contributed by atoms with E-state index in [-0.39, 0.29) is 101 Å². The molecule has 12 rings (SSSR count). The van der Waals surface area contributed by atoms with E-state index >= 15 is 0 Å². The average Bonchev–Trinajstić information content (AvgIpc) is 0.833. The van der Waals surface area contributed by atoms with Gasteiger partial charge in [0, 0.05) is 80.7 Å². The number of carbonyl (C=O) groups excluding carboxylic acids is 4. The van der Waals surface area contributed by atoms with Crippen molar-refractivity contribution in [2.75, 3.05) is 106 Å². The van der Waals surface area contributed by atoms with E-state index in [1.807, 2.05) is 48.5 Å². The third kappa shape index (κ3) is 16.9. The van der Waals surface area contributed by atoms with Crippen LogP contribution in [0.5, 0.6) is 23.0 Å². The molecule has 0 saturated heterocycles. The summed E-state index contributed by atoms with van der Waals surface area (Å²) in [4.78, 5) is 105. The van der Waals surface area contributed by atoms with Gasteiger partial charge in [-0.1, -0.05) is 48.5 Å². The topological polar surface area (TPSA) is 247 Å². The Hall–Kier alpha value is -9.76. The molecule has 0 bridgehead atoms. The highest BCUT2D eigenvalue weighted by Gasteiger charge is 2.33. The molecular formula is C73H60O20S4. The fraction of sp³-hybridized carbons (Fsp3) is 0.233. The standard InChI is InChI=1S/C73H60O20S4/c74-65(37-90-45-17-21-61-53(33-45)69(78)49-9-1-5-13-57(49)94-61)86-29-25-82-41-73(42-83-26-30-87-66(75)38-91-46-18-22-62-54(34-46)70(79)50-10-2-6-14-58(50)95-62,43-84-27-31-88-67(76)39-92-47-19-23-63-55(35-47)71(80)51-11-3-7-15-59(51)96-63)44-85-28-32-89-68(77)40-93-48-20-24-64-56(36-48)72(81)52-12-4-8-16-60(52)97-64/h1-24,33-36H,25-32,37-44H2. The van der Waals surface area contributed by atoms with E-state index in [9.17, 15) is 38.4 Å². The summed E-state index contributed by atoms with van der Waals surface area (Å²) >= 11 is 5.88. The van der Waals surface area contributed by atoms with Gasteiger partial charge >= 0.3 is 23.9 Å². The van der Waals surface area contributed by atoms with Crippen LogP contribution in [0.4, 0.5) is 0 Å². The molecule has 0 saturated carbocycles. The predicted octanol–water partition coefficient (Wildman–Crippen LogP) is 11.4. The number of carbonyl (C=O) groups is 4. The smallest absolute Gasteiger partial charge is 0.344 e. The first-order valence-electron chi connectivity index (χ1n) is 30.6. The normalized spacial score (nSPS) is 11.6. The maximum Gasteiger partial charge on any atom is 0.344 e. The molecule has 0 aliphatic carbocycles. The monoisotopic (exact) mass is 1380 g/mol. The Morgan fingerprint density at radius 2 is 0.485 bits per heavy atom. The second kappa shape index (κ2) is 31.9. The van der Waals surface area contributed by atoms with Crippen LogP contribution in [0.2, 0.25) is 0 Å². The molecule has 496 valence electrons. The molecular weight excluding hydrogens is 1330 g/mol. The first kappa shape index (κ1) is 67.2. The number of hydrogen-bond donors (Lipinski definition) is 0. The van der Waals surface area contributed by atoms with E-state index in [4.69, 9.17) is 56.8 Å². The Labute approximate surface area is 567 Å². The Balaban J connectivity index is 0.671. The second-order valence-electron chi connectivity index (χ2n) is 22.1. The molecule has 0 N–H and O–H groups in total. The molecule has 0 aliphatic rings. The van der Waals surface area contributed by atoms with Crippen LogP contribution in [-0.4, -0.2) is 130 Å². The van der Waals surface area contributed by atoms with Crippen molar-refractivity contribution in [2.45, 2.75) is 0 Å². The van der Waals surface area contributed by atoms with Gasteiger partial charge in [-0.15, -0.1) is 45.3 Å². The van der Waals surface area contributed by atoms with Gasteiger partial charge in [0.25, 0.3) is 0 Å². The predicted molar refractivity (Wildman–Crippen MR) is 374 cm³/mol. The minimum Gasteiger partial charge on any atom is -0.482 e. The Bertz CT molecular complexity index is 4520. The van der Waals surface area contributed by atoms with Crippen LogP contribution in [0.25, 0.3) is 80.7 Å². The lowest BCUT2D eigenvalue weighted by Crippen LogP contribution is -2.43. The fourth-order valence-corrected chi connectivity index (χ4v) is 14.7. The van der Waals surface area contributed by atoms with E-state index in [1.165, 1.54) is 45.3 Å². The fourth-order valence-electron chi connectivity index (χ4n) is 10.5. The number of hydrogen-bond acceptors (Lipinski definition) is 24. The SMILES string of the molecule is O=C(COc1ccc2sc3ccccc3c(=O)c2c1)OCCOCC(COCCOC(=O)COc1ccc2sc3ccccc3c(=O)c2c1)(COCCOC(=O)COc1ccc2sc3ccccc3c(=O)c2c1)COCCOC(=O)COc1ccc2sc3ccccc3c(=O)c2c1. The van der Waals surface area contributed by atoms with Gasteiger partial charge in [0.05, 0.1) is 58.3 Å². The molecule has 97 heavy (non-hydrogen) atoms. The zero-order valence-electron chi connectivity index (χ0n) is 51.8. The van der Waals surface area contributed by atoms with Crippen molar-refractivity contribution < 1.29 is 76.0 Å². The van der Waals surface area contributed by atoms with E-state index in [2.05, 4.69) is 0 Å². The number of esters is 4. The molecule has 0 fully saturated rings. The minimum absolute atomic E-state index is 0.121. The van der Waals surface area contributed by atoms with Crippen molar-refractivity contribution in [1.82, 2.24) is 0 Å². The lowest BCUT2D eigenvalue weighted by molar-refractivity contribution is -0.153. The van der Waals surface area contributed by atoms with Gasteiger partial charge in [-0.2, -0.15) is 0 Å². The molecule has 4 aromatic heterocycles. The van der Waals surface area contributed by atoms with Crippen LogP contribution in [0, 0.1) is 5.41 Å². The van der Waals surface area contributed by atoms with E-state index < -0.39 is 55.7 Å². The largest absolute Gasteiger partial charge is 0.482 e. The zero-order valence-corrected chi connectivity index (χ0v) is 55.0. The van der Waals surface area contributed by atoms with Gasteiger partial charge < -0.3 is 56.8 Å². The second-order valence-corrected chi connectivity index (χ2v) is 26.4. The van der Waals surface area contributed by atoms with Crippen LogP contribution in [0.15, 0.2) is 189 Å². The lowest BCUT2D eigenvalue weighted by atomic mass is 9.92. The number of rotatable bonds is 32. The maximum absolute atomic E-state index is 13.3. The molecule has 8 aromatic carbocycles. The van der Waals surface area contributed by atoms with Crippen molar-refractivity contribution in [2.24, 2.45) is 5.41 Å². The van der Waals surface area contributed by atoms with Gasteiger partial charge in [-0.05, 0) is 121 Å². The molecule has 0 amide bonds. The summed E-state index contributed by atoms with van der Waals surface area (Å²) < 4.78 is 75.8. The van der Waals surface area contributed by atoms with Gasteiger partial charge in [0.15, 0.2) is 48.1 Å². The third-order valence-corrected chi connectivity index (χ3v) is 19.8. The zero-order chi connectivity index (χ0) is 67.1. The molecule has 12 aromatic rings. The van der Waals surface area contributed by atoms with Crippen molar-refractivity contribution >= 4 is 150 Å². The first-order valence-corrected chi connectivity index (χ1v) is 33.9. The van der Waals surface area contributed by atoms with Crippen molar-refractivity contribution in [3.8, 4) is 23.0 Å². The number of ether oxygens (including phenoxy) is 12. The summed E-state index contributed by atoms with van der Waals surface area (Å²) in [6, 6.07) is 49.4. The summed E-state index contributed by atoms with van der Waals surface area (Å²) in [6.45, 7) is -3.73. The van der Waals surface area contributed by atoms with E-state index in [1.54, 1.807) is 121 Å². The lowest BCUT2D eigenvalue weighted by Gasteiger charge is -2.33. The molecule has 0 spiro atoms. The van der Waals surface area contributed by atoms with Crippen LogP contribution in [0.1, 0.15) is 0 Å². The van der Waals surface area contributed by atoms with E-state index in [0.29, 0.717) is 66.1 Å². The highest BCUT2D eigenvalue weighted by atomic mass is 32.1. The molecule has 0 radical (unpaired) electrons. The van der Waals surface area contributed by atoms with Crippen molar-refractivity contribution in [3.05, 3.63) is 211 Å². The van der Waals surface area contributed by atoms with Crippen LogP contribution in [0.3, 0.4) is 0 Å². The summed E-state index contributed by atoms with van der Waals surface area (Å²) in [5.74, 6) is -1.60.